The van der Waals surface area contributed by atoms with Gasteiger partial charge in [0.05, 0.1) is 32.0 Å². The minimum absolute atomic E-state index is 0.111. The van der Waals surface area contributed by atoms with Gasteiger partial charge >= 0.3 is 0 Å². The molecule has 2 aromatic rings. The van der Waals surface area contributed by atoms with Gasteiger partial charge < -0.3 is 24.4 Å². The summed E-state index contributed by atoms with van der Waals surface area (Å²) in [5.74, 6) is 1.56. The van der Waals surface area contributed by atoms with Crippen LogP contribution in [0.1, 0.15) is 12.0 Å². The standard InChI is InChI=1S/C20H25ClN2O4/c1-23(2)16-9-8-14(12-15(16)21)22-18(24)11-7-13-6-10-17(25-3)20(27-5)19(13)26-4/h6,8-10,12H,7,11H2,1-5H3,(H,22,24). The Balaban J connectivity index is 2.07. The number of aryl methyl sites for hydroxylation is 1. The van der Waals surface area contributed by atoms with Crippen LogP contribution in [0.5, 0.6) is 17.2 Å². The molecule has 1 N–H and O–H groups in total. The van der Waals surface area contributed by atoms with Crippen molar-refractivity contribution < 1.29 is 19.0 Å². The lowest BCUT2D eigenvalue weighted by Crippen LogP contribution is -2.13. The fourth-order valence-corrected chi connectivity index (χ4v) is 3.13. The molecule has 0 aromatic heterocycles. The highest BCUT2D eigenvalue weighted by Gasteiger charge is 2.16. The average Bonchev–Trinajstić information content (AvgIpc) is 2.65. The molecule has 0 unspecified atom stereocenters. The van der Waals surface area contributed by atoms with E-state index >= 15 is 0 Å². The maximum absolute atomic E-state index is 12.3. The molecule has 0 heterocycles. The monoisotopic (exact) mass is 392 g/mol. The Morgan fingerprint density at radius 1 is 1.04 bits per heavy atom. The third kappa shape index (κ3) is 4.98. The summed E-state index contributed by atoms with van der Waals surface area (Å²) in [5.41, 5.74) is 2.42. The molecule has 0 saturated heterocycles. The first-order valence-electron chi connectivity index (χ1n) is 8.45. The highest BCUT2D eigenvalue weighted by Crippen LogP contribution is 2.40. The molecule has 7 heteroatoms. The van der Waals surface area contributed by atoms with E-state index in [0.29, 0.717) is 40.8 Å². The lowest BCUT2D eigenvalue weighted by atomic mass is 10.1. The van der Waals surface area contributed by atoms with E-state index in [1.165, 1.54) is 0 Å². The number of hydrogen-bond acceptors (Lipinski definition) is 5. The van der Waals surface area contributed by atoms with Gasteiger partial charge in [0.1, 0.15) is 0 Å². The van der Waals surface area contributed by atoms with E-state index < -0.39 is 0 Å². The number of nitrogens with zero attached hydrogens (tertiary/aromatic N) is 1. The number of nitrogens with one attached hydrogen (secondary N) is 1. The van der Waals surface area contributed by atoms with Crippen LogP contribution in [0.4, 0.5) is 11.4 Å². The predicted octanol–water partition coefficient (Wildman–Crippen LogP) is 4.00. The molecule has 0 radical (unpaired) electrons. The number of ether oxygens (including phenoxy) is 3. The summed E-state index contributed by atoms with van der Waals surface area (Å²) in [4.78, 5) is 14.2. The molecule has 6 nitrogen and oxygen atoms in total. The molecule has 0 atom stereocenters. The summed E-state index contributed by atoms with van der Waals surface area (Å²) in [5, 5.41) is 3.45. The SMILES string of the molecule is COc1ccc(CCC(=O)Nc2ccc(N(C)C)c(Cl)c2)c(OC)c1OC. The number of amides is 1. The van der Waals surface area contributed by atoms with E-state index in [1.807, 2.05) is 37.2 Å². The molecule has 1 amide bonds. The van der Waals surface area contributed by atoms with Crippen molar-refractivity contribution in [1.82, 2.24) is 0 Å². The lowest BCUT2D eigenvalue weighted by molar-refractivity contribution is -0.116. The second-order valence-electron chi connectivity index (χ2n) is 6.10. The van der Waals surface area contributed by atoms with Gasteiger partial charge in [0.2, 0.25) is 11.7 Å². The zero-order valence-electron chi connectivity index (χ0n) is 16.3. The van der Waals surface area contributed by atoms with Gasteiger partial charge in [-0.25, -0.2) is 0 Å². The molecular formula is C20H25ClN2O4. The second-order valence-corrected chi connectivity index (χ2v) is 6.51. The zero-order valence-corrected chi connectivity index (χ0v) is 17.0. The quantitative estimate of drug-likeness (QED) is 0.735. The van der Waals surface area contributed by atoms with E-state index in [2.05, 4.69) is 5.32 Å². The molecule has 146 valence electrons. The number of carbonyl (C=O) groups is 1. The van der Waals surface area contributed by atoms with Crippen LogP contribution in [0.25, 0.3) is 0 Å². The third-order valence-corrected chi connectivity index (χ3v) is 4.42. The van der Waals surface area contributed by atoms with Gasteiger partial charge in [0, 0.05) is 26.2 Å². The van der Waals surface area contributed by atoms with Gasteiger partial charge in [-0.3, -0.25) is 4.79 Å². The normalized spacial score (nSPS) is 10.3. The van der Waals surface area contributed by atoms with Gasteiger partial charge in [0.15, 0.2) is 11.5 Å². The number of halogens is 1. The maximum atomic E-state index is 12.3. The van der Waals surface area contributed by atoms with E-state index in [-0.39, 0.29) is 5.91 Å². The minimum atomic E-state index is -0.111. The first-order valence-corrected chi connectivity index (χ1v) is 8.83. The van der Waals surface area contributed by atoms with Crippen molar-refractivity contribution >= 4 is 28.9 Å². The van der Waals surface area contributed by atoms with Gasteiger partial charge in [-0.05, 0) is 36.2 Å². The second kappa shape index (κ2) is 9.37. The Bertz CT molecular complexity index is 809. The summed E-state index contributed by atoms with van der Waals surface area (Å²) >= 11 is 6.25. The first-order chi connectivity index (χ1) is 12.9. The van der Waals surface area contributed by atoms with Gasteiger partial charge in [-0.15, -0.1) is 0 Å². The van der Waals surface area contributed by atoms with Crippen molar-refractivity contribution in [1.29, 1.82) is 0 Å². The van der Waals surface area contributed by atoms with Gasteiger partial charge in [-0.1, -0.05) is 17.7 Å². The number of anilines is 2. The molecule has 0 aliphatic carbocycles. The molecule has 0 aliphatic heterocycles. The van der Waals surface area contributed by atoms with E-state index in [1.54, 1.807) is 33.5 Å². The van der Waals surface area contributed by atoms with Crippen LogP contribution in [0.3, 0.4) is 0 Å². The molecule has 0 bridgehead atoms. The van der Waals surface area contributed by atoms with Crippen LogP contribution >= 0.6 is 11.6 Å². The summed E-state index contributed by atoms with van der Waals surface area (Å²) in [6, 6.07) is 9.11. The Morgan fingerprint density at radius 3 is 2.30 bits per heavy atom. The lowest BCUT2D eigenvalue weighted by Gasteiger charge is -2.16. The van der Waals surface area contributed by atoms with E-state index in [9.17, 15) is 4.79 Å². The highest BCUT2D eigenvalue weighted by molar-refractivity contribution is 6.33. The molecule has 2 aromatic carbocycles. The van der Waals surface area contributed by atoms with Crippen molar-refractivity contribution in [2.24, 2.45) is 0 Å². The minimum Gasteiger partial charge on any atom is -0.493 e. The smallest absolute Gasteiger partial charge is 0.224 e. The van der Waals surface area contributed by atoms with Crippen LogP contribution in [0.2, 0.25) is 5.02 Å². The third-order valence-electron chi connectivity index (χ3n) is 4.12. The van der Waals surface area contributed by atoms with Crippen molar-refractivity contribution in [3.63, 3.8) is 0 Å². The molecule has 0 spiro atoms. The van der Waals surface area contributed by atoms with Crippen molar-refractivity contribution in [3.05, 3.63) is 40.9 Å². The van der Waals surface area contributed by atoms with E-state index in [4.69, 9.17) is 25.8 Å². The summed E-state index contributed by atoms with van der Waals surface area (Å²) < 4.78 is 16.1. The predicted molar refractivity (Wildman–Crippen MR) is 109 cm³/mol. The van der Waals surface area contributed by atoms with Crippen LogP contribution in [0.15, 0.2) is 30.3 Å². The summed E-state index contributed by atoms with van der Waals surface area (Å²) in [7, 11) is 8.51. The Labute approximate surface area is 165 Å². The van der Waals surface area contributed by atoms with Crippen molar-refractivity contribution in [3.8, 4) is 17.2 Å². The number of methoxy groups -OCH3 is 3. The highest BCUT2D eigenvalue weighted by atomic mass is 35.5. The number of carbonyl (C=O) groups excluding carboxylic acids is 1. The maximum Gasteiger partial charge on any atom is 0.224 e. The Morgan fingerprint density at radius 2 is 1.74 bits per heavy atom. The fourth-order valence-electron chi connectivity index (χ4n) is 2.78. The molecule has 0 aliphatic rings. The van der Waals surface area contributed by atoms with Crippen LogP contribution in [-0.4, -0.2) is 41.3 Å². The summed E-state index contributed by atoms with van der Waals surface area (Å²) in [6.45, 7) is 0. The number of hydrogen-bond donors (Lipinski definition) is 1. The van der Waals surface area contributed by atoms with Crippen LogP contribution < -0.4 is 24.4 Å². The van der Waals surface area contributed by atoms with Gasteiger partial charge in [-0.2, -0.15) is 0 Å². The average molecular weight is 393 g/mol. The largest absolute Gasteiger partial charge is 0.493 e. The van der Waals surface area contributed by atoms with Crippen molar-refractivity contribution in [2.75, 3.05) is 45.6 Å². The molecular weight excluding hydrogens is 368 g/mol. The number of benzene rings is 2. The summed E-state index contributed by atoms with van der Waals surface area (Å²) in [6.07, 6.45) is 0.789. The first kappa shape index (κ1) is 20.7. The fraction of sp³-hybridized carbons (Fsp3) is 0.350. The topological polar surface area (TPSA) is 60.0 Å². The van der Waals surface area contributed by atoms with E-state index in [0.717, 1.165) is 11.3 Å². The van der Waals surface area contributed by atoms with Crippen LogP contribution in [-0.2, 0) is 11.2 Å². The molecule has 0 saturated carbocycles. The number of rotatable bonds is 8. The Kier molecular flexibility index (Phi) is 7.19. The molecule has 27 heavy (non-hydrogen) atoms. The molecule has 0 fully saturated rings. The zero-order chi connectivity index (χ0) is 20.0. The van der Waals surface area contributed by atoms with Gasteiger partial charge in [0.25, 0.3) is 0 Å². The van der Waals surface area contributed by atoms with Crippen molar-refractivity contribution in [2.45, 2.75) is 12.8 Å². The van der Waals surface area contributed by atoms with Crippen LogP contribution in [0, 0.1) is 0 Å². The Hall–Kier alpha value is -2.60. The molecule has 2 rings (SSSR count).